The van der Waals surface area contributed by atoms with Crippen molar-refractivity contribution in [1.29, 1.82) is 0 Å². The summed E-state index contributed by atoms with van der Waals surface area (Å²) in [5.41, 5.74) is 1.19. The molecule has 2 aromatic carbocycles. The van der Waals surface area contributed by atoms with Crippen LogP contribution in [0.25, 0.3) is 0 Å². The van der Waals surface area contributed by atoms with Crippen molar-refractivity contribution in [2.75, 3.05) is 6.61 Å². The minimum Gasteiger partial charge on any atom is -0.508 e. The molecule has 5 nitrogen and oxygen atoms in total. The average molecular weight is 314 g/mol. The smallest absolute Gasteiger partial charge is 0.150 e. The molecule has 0 spiro atoms. The number of phenols is 2. The molecule has 0 amide bonds. The van der Waals surface area contributed by atoms with Crippen molar-refractivity contribution < 1.29 is 14.9 Å². The summed E-state index contributed by atoms with van der Waals surface area (Å²) in [7, 11) is 0. The molecule has 0 saturated carbocycles. The Balaban J connectivity index is 2.04. The van der Waals surface area contributed by atoms with E-state index in [4.69, 9.17) is 4.74 Å². The van der Waals surface area contributed by atoms with Crippen LogP contribution >= 0.6 is 0 Å². The first-order valence-corrected chi connectivity index (χ1v) is 7.85. The summed E-state index contributed by atoms with van der Waals surface area (Å²) in [5, 5.41) is 27.2. The number of azo groups is 1. The third-order valence-electron chi connectivity index (χ3n) is 3.32. The maximum atomic E-state index is 9.61. The summed E-state index contributed by atoms with van der Waals surface area (Å²) in [4.78, 5) is 0. The van der Waals surface area contributed by atoms with Gasteiger partial charge in [0.2, 0.25) is 0 Å². The second-order valence-corrected chi connectivity index (χ2v) is 5.28. The molecule has 5 heteroatoms. The highest BCUT2D eigenvalue weighted by Crippen LogP contribution is 2.33. The van der Waals surface area contributed by atoms with Gasteiger partial charge in [0, 0.05) is 6.07 Å². The second kappa shape index (κ2) is 8.78. The van der Waals surface area contributed by atoms with Gasteiger partial charge in [0.25, 0.3) is 0 Å². The van der Waals surface area contributed by atoms with Crippen molar-refractivity contribution in [3.8, 4) is 17.2 Å². The summed E-state index contributed by atoms with van der Waals surface area (Å²) in [6.45, 7) is 2.75. The molecule has 0 radical (unpaired) electrons. The molecule has 0 unspecified atom stereocenters. The number of rotatable bonds is 8. The van der Waals surface area contributed by atoms with E-state index < -0.39 is 0 Å². The third kappa shape index (κ3) is 5.62. The molecular formula is C18H22N2O3. The normalized spacial score (nSPS) is 11.0. The van der Waals surface area contributed by atoms with Crippen molar-refractivity contribution in [1.82, 2.24) is 0 Å². The van der Waals surface area contributed by atoms with Gasteiger partial charge >= 0.3 is 0 Å². The number of unbranched alkanes of at least 4 members (excludes halogenated alkanes) is 3. The van der Waals surface area contributed by atoms with Crippen molar-refractivity contribution in [3.05, 3.63) is 42.5 Å². The Morgan fingerprint density at radius 2 is 1.61 bits per heavy atom. The van der Waals surface area contributed by atoms with Crippen LogP contribution in [0.15, 0.2) is 52.7 Å². The van der Waals surface area contributed by atoms with Crippen LogP contribution < -0.4 is 4.74 Å². The van der Waals surface area contributed by atoms with Gasteiger partial charge in [0.05, 0.1) is 12.3 Å². The molecule has 2 N–H and O–H groups in total. The molecule has 23 heavy (non-hydrogen) atoms. The van der Waals surface area contributed by atoms with E-state index in [1.165, 1.54) is 12.8 Å². The minimum atomic E-state index is 0.136. The van der Waals surface area contributed by atoms with Crippen molar-refractivity contribution in [3.63, 3.8) is 0 Å². The van der Waals surface area contributed by atoms with Crippen LogP contribution in [0.1, 0.15) is 32.6 Å². The van der Waals surface area contributed by atoms with Gasteiger partial charge < -0.3 is 14.9 Å². The monoisotopic (exact) mass is 314 g/mol. The Labute approximate surface area is 136 Å². The van der Waals surface area contributed by atoms with Gasteiger partial charge in [-0.05, 0) is 42.8 Å². The van der Waals surface area contributed by atoms with E-state index in [1.807, 2.05) is 0 Å². The Morgan fingerprint density at radius 1 is 0.870 bits per heavy atom. The highest BCUT2D eigenvalue weighted by molar-refractivity contribution is 5.55. The van der Waals surface area contributed by atoms with Gasteiger partial charge in [-0.15, -0.1) is 5.11 Å². The van der Waals surface area contributed by atoms with Gasteiger partial charge in [-0.1, -0.05) is 26.2 Å². The average Bonchev–Trinajstić information content (AvgIpc) is 2.55. The van der Waals surface area contributed by atoms with E-state index in [0.717, 1.165) is 12.8 Å². The number of phenolic OH excluding ortho intramolecular Hbond substituents is 2. The van der Waals surface area contributed by atoms with Gasteiger partial charge in [0.1, 0.15) is 22.9 Å². The maximum absolute atomic E-state index is 9.61. The fourth-order valence-corrected chi connectivity index (χ4v) is 2.04. The molecule has 0 aliphatic rings. The molecule has 0 bridgehead atoms. The van der Waals surface area contributed by atoms with Crippen molar-refractivity contribution in [2.24, 2.45) is 10.2 Å². The Bertz CT molecular complexity index is 639. The fourth-order valence-electron chi connectivity index (χ4n) is 2.04. The molecule has 0 heterocycles. The fraction of sp³-hybridized carbons (Fsp3) is 0.333. The number of hydrogen-bond donors (Lipinski definition) is 2. The molecule has 0 aliphatic carbocycles. The molecule has 0 aliphatic heterocycles. The molecule has 0 atom stereocenters. The third-order valence-corrected chi connectivity index (χ3v) is 3.32. The van der Waals surface area contributed by atoms with E-state index in [1.54, 1.807) is 42.5 Å². The lowest BCUT2D eigenvalue weighted by molar-refractivity contribution is 0.304. The predicted octanol–water partition coefficient (Wildman–Crippen LogP) is 5.47. The molecule has 0 saturated heterocycles. The first-order valence-electron chi connectivity index (χ1n) is 7.85. The first-order chi connectivity index (χ1) is 11.2. The SMILES string of the molecule is CCCCCCOc1cc(O)ccc1N=Nc1ccc(O)cc1. The summed E-state index contributed by atoms with van der Waals surface area (Å²) in [6, 6.07) is 11.2. The van der Waals surface area contributed by atoms with Crippen LogP contribution in [-0.4, -0.2) is 16.8 Å². The zero-order valence-electron chi connectivity index (χ0n) is 13.3. The van der Waals surface area contributed by atoms with E-state index >= 15 is 0 Å². The molecular weight excluding hydrogens is 292 g/mol. The highest BCUT2D eigenvalue weighted by atomic mass is 16.5. The van der Waals surface area contributed by atoms with Crippen LogP contribution in [0, 0.1) is 0 Å². The molecule has 2 rings (SSSR count). The maximum Gasteiger partial charge on any atom is 0.150 e. The van der Waals surface area contributed by atoms with E-state index in [-0.39, 0.29) is 11.5 Å². The molecule has 2 aromatic rings. The van der Waals surface area contributed by atoms with Crippen LogP contribution in [0.3, 0.4) is 0 Å². The summed E-state index contributed by atoms with van der Waals surface area (Å²) < 4.78 is 5.72. The largest absolute Gasteiger partial charge is 0.508 e. The van der Waals surface area contributed by atoms with Gasteiger partial charge in [-0.3, -0.25) is 0 Å². The van der Waals surface area contributed by atoms with E-state index in [9.17, 15) is 10.2 Å². The van der Waals surface area contributed by atoms with Gasteiger partial charge in [-0.25, -0.2) is 0 Å². The van der Waals surface area contributed by atoms with Crippen LogP contribution in [0.5, 0.6) is 17.2 Å². The highest BCUT2D eigenvalue weighted by Gasteiger charge is 2.05. The quantitative estimate of drug-likeness (QED) is 0.501. The van der Waals surface area contributed by atoms with Gasteiger partial charge in [-0.2, -0.15) is 5.11 Å². The number of ether oxygens (including phenoxy) is 1. The number of aromatic hydroxyl groups is 2. The first kappa shape index (κ1) is 16.8. The molecule has 0 aromatic heterocycles. The van der Waals surface area contributed by atoms with Gasteiger partial charge in [0.15, 0.2) is 0 Å². The lowest BCUT2D eigenvalue weighted by atomic mass is 10.2. The lowest BCUT2D eigenvalue weighted by Crippen LogP contribution is -1.97. The zero-order chi connectivity index (χ0) is 16.5. The summed E-state index contributed by atoms with van der Waals surface area (Å²) in [5.74, 6) is 0.839. The van der Waals surface area contributed by atoms with Crippen LogP contribution in [0.2, 0.25) is 0 Å². The topological polar surface area (TPSA) is 74.4 Å². The predicted molar refractivity (Wildman–Crippen MR) is 90.0 cm³/mol. The summed E-state index contributed by atoms with van der Waals surface area (Å²) >= 11 is 0. The number of nitrogens with zero attached hydrogens (tertiary/aromatic N) is 2. The zero-order valence-corrected chi connectivity index (χ0v) is 13.3. The lowest BCUT2D eigenvalue weighted by Gasteiger charge is -2.08. The minimum absolute atomic E-state index is 0.136. The number of hydrogen-bond acceptors (Lipinski definition) is 5. The van der Waals surface area contributed by atoms with Crippen molar-refractivity contribution in [2.45, 2.75) is 32.6 Å². The standard InChI is InChI=1S/C18H22N2O3/c1-2-3-4-5-12-23-18-13-16(22)10-11-17(18)20-19-14-6-8-15(21)9-7-14/h6-11,13,21-22H,2-5,12H2,1H3. The van der Waals surface area contributed by atoms with Crippen molar-refractivity contribution >= 4 is 11.4 Å². The Kier molecular flexibility index (Phi) is 6.41. The van der Waals surface area contributed by atoms with E-state index in [2.05, 4.69) is 17.2 Å². The number of benzene rings is 2. The summed E-state index contributed by atoms with van der Waals surface area (Å²) in [6.07, 6.45) is 4.47. The second-order valence-electron chi connectivity index (χ2n) is 5.28. The van der Waals surface area contributed by atoms with Crippen LogP contribution in [-0.2, 0) is 0 Å². The Morgan fingerprint density at radius 3 is 2.35 bits per heavy atom. The molecule has 122 valence electrons. The molecule has 0 fully saturated rings. The Hall–Kier alpha value is -2.56. The van der Waals surface area contributed by atoms with E-state index in [0.29, 0.717) is 23.7 Å². The van der Waals surface area contributed by atoms with Crippen LogP contribution in [0.4, 0.5) is 11.4 Å².